The van der Waals surface area contributed by atoms with E-state index in [0.717, 1.165) is 5.56 Å². The van der Waals surface area contributed by atoms with Crippen molar-refractivity contribution in [3.63, 3.8) is 0 Å². The summed E-state index contributed by atoms with van der Waals surface area (Å²) in [7, 11) is 0. The molecule has 1 amide bonds. The zero-order valence-electron chi connectivity index (χ0n) is 13.1. The number of carboxylic acids is 1. The maximum absolute atomic E-state index is 11.9. The van der Waals surface area contributed by atoms with Crippen LogP contribution in [0.15, 0.2) is 48.8 Å². The van der Waals surface area contributed by atoms with Crippen molar-refractivity contribution in [1.82, 2.24) is 14.7 Å². The summed E-state index contributed by atoms with van der Waals surface area (Å²) in [5, 5.41) is 18.3. The summed E-state index contributed by atoms with van der Waals surface area (Å²) in [6, 6.07) is 10.4. The fraction of sp³-hybridized carbons (Fsp3) is 0.0588. The lowest BCUT2D eigenvalue weighted by Crippen LogP contribution is -2.29. The highest BCUT2D eigenvalue weighted by atomic mass is 16.4. The molecule has 0 fully saturated rings. The van der Waals surface area contributed by atoms with Crippen LogP contribution < -0.4 is 11.1 Å². The van der Waals surface area contributed by atoms with Crippen molar-refractivity contribution in [2.75, 3.05) is 6.54 Å². The maximum atomic E-state index is 11.9. The van der Waals surface area contributed by atoms with E-state index in [2.05, 4.69) is 10.3 Å². The number of carbonyl (C=O) groups is 2. The van der Waals surface area contributed by atoms with E-state index >= 15 is 0 Å². The van der Waals surface area contributed by atoms with Crippen LogP contribution in [0, 0.1) is 5.41 Å². The number of hydrogen-bond donors (Lipinski definition) is 4. The number of nitrogens with one attached hydrogen (secondary N) is 2. The molecule has 8 heteroatoms. The Kier molecular flexibility index (Phi) is 4.17. The number of carboxylic acid groups (broad SMARTS) is 1. The molecule has 2 aromatic heterocycles. The first-order chi connectivity index (χ1) is 11.9. The number of aliphatic carboxylic acids is 1. The molecule has 1 aromatic carbocycles. The Morgan fingerprint density at radius 3 is 2.44 bits per heavy atom. The van der Waals surface area contributed by atoms with E-state index in [9.17, 15) is 9.59 Å². The van der Waals surface area contributed by atoms with Crippen molar-refractivity contribution in [3.05, 3.63) is 59.9 Å². The largest absolute Gasteiger partial charge is 0.480 e. The van der Waals surface area contributed by atoms with E-state index in [1.165, 1.54) is 0 Å². The van der Waals surface area contributed by atoms with Crippen LogP contribution in [0.1, 0.15) is 15.9 Å². The van der Waals surface area contributed by atoms with Gasteiger partial charge in [-0.05, 0) is 12.1 Å². The van der Waals surface area contributed by atoms with Crippen LogP contribution in [0.25, 0.3) is 16.9 Å². The third kappa shape index (κ3) is 3.47. The molecule has 0 unspecified atom stereocenters. The molecule has 3 aromatic rings. The van der Waals surface area contributed by atoms with Crippen LogP contribution in [0.4, 0.5) is 0 Å². The van der Waals surface area contributed by atoms with Gasteiger partial charge < -0.3 is 20.6 Å². The predicted octanol–water partition coefficient (Wildman–Crippen LogP) is 1.10. The average molecular weight is 337 g/mol. The first-order valence-corrected chi connectivity index (χ1v) is 7.37. The molecule has 0 radical (unpaired) electrons. The molecule has 0 spiro atoms. The van der Waals surface area contributed by atoms with Gasteiger partial charge in [-0.2, -0.15) is 0 Å². The SMILES string of the molecule is N=C(N)c1ccc(-c2cn3cc(C(=O)NCC(=O)O)ccc3n2)cc1. The lowest BCUT2D eigenvalue weighted by atomic mass is 10.1. The minimum Gasteiger partial charge on any atom is -0.480 e. The lowest BCUT2D eigenvalue weighted by Gasteiger charge is -2.02. The molecule has 0 saturated heterocycles. The number of nitrogens with two attached hydrogens (primary N) is 1. The van der Waals surface area contributed by atoms with Gasteiger partial charge in [0, 0.05) is 23.5 Å². The Morgan fingerprint density at radius 1 is 1.12 bits per heavy atom. The number of imidazole rings is 1. The van der Waals surface area contributed by atoms with Gasteiger partial charge in [0.1, 0.15) is 18.0 Å². The number of nitrogen functional groups attached to an aromatic ring is 1. The monoisotopic (exact) mass is 337 g/mol. The average Bonchev–Trinajstić information content (AvgIpc) is 3.02. The van der Waals surface area contributed by atoms with Crippen molar-refractivity contribution < 1.29 is 14.7 Å². The molecule has 8 nitrogen and oxygen atoms in total. The number of carbonyl (C=O) groups excluding carboxylic acids is 1. The van der Waals surface area contributed by atoms with Crippen LogP contribution in [-0.4, -0.2) is 38.7 Å². The van der Waals surface area contributed by atoms with Crippen LogP contribution in [-0.2, 0) is 4.79 Å². The maximum Gasteiger partial charge on any atom is 0.322 e. The summed E-state index contributed by atoms with van der Waals surface area (Å²) in [4.78, 5) is 26.9. The standard InChI is InChI=1S/C17H15N5O3/c18-16(19)11-3-1-10(2-4-11)13-9-22-8-12(5-6-14(22)21-13)17(25)20-7-15(23)24/h1-6,8-9H,7H2,(H3,18,19)(H,20,25)(H,23,24). The van der Waals surface area contributed by atoms with Gasteiger partial charge in [0.15, 0.2) is 0 Å². The quantitative estimate of drug-likeness (QED) is 0.408. The Hall–Kier alpha value is -3.68. The smallest absolute Gasteiger partial charge is 0.322 e. The fourth-order valence-corrected chi connectivity index (χ4v) is 2.34. The Bertz CT molecular complexity index is 976. The number of amides is 1. The molecule has 0 atom stereocenters. The van der Waals surface area contributed by atoms with Gasteiger partial charge in [-0.15, -0.1) is 0 Å². The van der Waals surface area contributed by atoms with E-state index in [4.69, 9.17) is 16.2 Å². The van der Waals surface area contributed by atoms with Gasteiger partial charge in [0.2, 0.25) is 0 Å². The van der Waals surface area contributed by atoms with Gasteiger partial charge in [-0.3, -0.25) is 15.0 Å². The minimum absolute atomic E-state index is 0.00133. The fourth-order valence-electron chi connectivity index (χ4n) is 2.34. The number of fused-ring (bicyclic) bond motifs is 1. The number of pyridine rings is 1. The number of benzene rings is 1. The van der Waals surface area contributed by atoms with Crippen LogP contribution in [0.2, 0.25) is 0 Å². The van der Waals surface area contributed by atoms with E-state index in [-0.39, 0.29) is 5.84 Å². The predicted molar refractivity (Wildman–Crippen MR) is 91.6 cm³/mol. The van der Waals surface area contributed by atoms with Crippen molar-refractivity contribution in [2.24, 2.45) is 5.73 Å². The highest BCUT2D eigenvalue weighted by Crippen LogP contribution is 2.20. The van der Waals surface area contributed by atoms with Crippen molar-refractivity contribution >= 4 is 23.4 Å². The van der Waals surface area contributed by atoms with Gasteiger partial charge in [0.25, 0.3) is 5.91 Å². The van der Waals surface area contributed by atoms with Gasteiger partial charge in [-0.1, -0.05) is 24.3 Å². The van der Waals surface area contributed by atoms with Crippen molar-refractivity contribution in [2.45, 2.75) is 0 Å². The molecule has 25 heavy (non-hydrogen) atoms. The third-order valence-electron chi connectivity index (χ3n) is 3.61. The Morgan fingerprint density at radius 2 is 1.80 bits per heavy atom. The molecule has 0 aliphatic carbocycles. The number of amidine groups is 1. The van der Waals surface area contributed by atoms with Crippen LogP contribution in [0.5, 0.6) is 0 Å². The normalized spacial score (nSPS) is 10.6. The third-order valence-corrected chi connectivity index (χ3v) is 3.61. The molecule has 126 valence electrons. The summed E-state index contributed by atoms with van der Waals surface area (Å²) < 4.78 is 1.70. The molecule has 2 heterocycles. The highest BCUT2D eigenvalue weighted by Gasteiger charge is 2.10. The first kappa shape index (κ1) is 16.2. The summed E-state index contributed by atoms with van der Waals surface area (Å²) in [6.45, 7) is -0.436. The number of rotatable bonds is 5. The van der Waals surface area contributed by atoms with E-state index in [1.807, 2.05) is 12.1 Å². The Labute approximate surface area is 142 Å². The highest BCUT2D eigenvalue weighted by molar-refractivity contribution is 5.96. The number of aromatic nitrogens is 2. The molecule has 0 saturated carbocycles. The lowest BCUT2D eigenvalue weighted by molar-refractivity contribution is -0.135. The minimum atomic E-state index is -1.10. The second kappa shape index (κ2) is 6.44. The first-order valence-electron chi connectivity index (χ1n) is 7.37. The summed E-state index contributed by atoms with van der Waals surface area (Å²) in [5.41, 5.74) is 8.62. The van der Waals surface area contributed by atoms with Gasteiger partial charge in [-0.25, -0.2) is 4.98 Å². The topological polar surface area (TPSA) is 134 Å². The molecule has 0 aliphatic rings. The van der Waals surface area contributed by atoms with Crippen LogP contribution >= 0.6 is 0 Å². The van der Waals surface area contributed by atoms with Gasteiger partial charge in [0.05, 0.1) is 11.3 Å². The van der Waals surface area contributed by atoms with Crippen LogP contribution in [0.3, 0.4) is 0 Å². The van der Waals surface area contributed by atoms with Crippen molar-refractivity contribution in [1.29, 1.82) is 5.41 Å². The summed E-state index contributed by atoms with van der Waals surface area (Å²) >= 11 is 0. The number of nitrogens with zero attached hydrogens (tertiary/aromatic N) is 2. The molecule has 0 bridgehead atoms. The molecule has 5 N–H and O–H groups in total. The number of hydrogen-bond acceptors (Lipinski definition) is 4. The summed E-state index contributed by atoms with van der Waals surface area (Å²) in [5.74, 6) is -1.57. The zero-order valence-corrected chi connectivity index (χ0v) is 13.1. The second-order valence-corrected chi connectivity index (χ2v) is 5.38. The summed E-state index contributed by atoms with van der Waals surface area (Å²) in [6.07, 6.45) is 3.36. The van der Waals surface area contributed by atoms with E-state index < -0.39 is 18.4 Å². The van der Waals surface area contributed by atoms with E-state index in [1.54, 1.807) is 41.1 Å². The molecular formula is C17H15N5O3. The molecule has 0 aliphatic heterocycles. The molecular weight excluding hydrogens is 322 g/mol. The Balaban J connectivity index is 1.88. The van der Waals surface area contributed by atoms with E-state index in [0.29, 0.717) is 22.5 Å². The second-order valence-electron chi connectivity index (χ2n) is 5.38. The van der Waals surface area contributed by atoms with Gasteiger partial charge >= 0.3 is 5.97 Å². The molecule has 3 rings (SSSR count). The zero-order chi connectivity index (χ0) is 18.0. The van der Waals surface area contributed by atoms with Crippen molar-refractivity contribution in [3.8, 4) is 11.3 Å².